The molecule has 0 aliphatic heterocycles. The maximum Gasteiger partial charge on any atom is 0.118 e. The zero-order valence-electron chi connectivity index (χ0n) is 10.7. The van der Waals surface area contributed by atoms with Crippen molar-refractivity contribution in [3.8, 4) is 5.75 Å². The molecule has 92 valence electrons. The van der Waals surface area contributed by atoms with Crippen LogP contribution in [0.15, 0.2) is 67.3 Å². The van der Waals surface area contributed by atoms with Crippen LogP contribution in [0.3, 0.4) is 0 Å². The summed E-state index contributed by atoms with van der Waals surface area (Å²) in [6.07, 6.45) is 2.91. The molecular weight excluding hydrogens is 220 g/mol. The second kappa shape index (κ2) is 6.06. The van der Waals surface area contributed by atoms with Gasteiger partial charge in [0.25, 0.3) is 0 Å². The van der Waals surface area contributed by atoms with E-state index in [0.29, 0.717) is 5.92 Å². The van der Waals surface area contributed by atoms with Crippen LogP contribution in [-0.2, 0) is 0 Å². The van der Waals surface area contributed by atoms with Gasteiger partial charge in [0.1, 0.15) is 5.75 Å². The van der Waals surface area contributed by atoms with Crippen LogP contribution in [0.5, 0.6) is 5.75 Å². The van der Waals surface area contributed by atoms with E-state index in [1.54, 1.807) is 7.11 Å². The highest BCUT2D eigenvalue weighted by molar-refractivity contribution is 5.36. The van der Waals surface area contributed by atoms with Crippen LogP contribution < -0.4 is 4.74 Å². The molecule has 1 heteroatoms. The van der Waals surface area contributed by atoms with Crippen LogP contribution in [0.25, 0.3) is 0 Å². The second-order valence-electron chi connectivity index (χ2n) is 4.26. The molecule has 0 unspecified atom stereocenters. The summed E-state index contributed by atoms with van der Waals surface area (Å²) in [6.45, 7) is 3.86. The van der Waals surface area contributed by atoms with E-state index in [4.69, 9.17) is 4.74 Å². The van der Waals surface area contributed by atoms with Gasteiger partial charge in [0.15, 0.2) is 0 Å². The van der Waals surface area contributed by atoms with E-state index in [9.17, 15) is 0 Å². The summed E-state index contributed by atoms with van der Waals surface area (Å²) in [6, 6.07) is 18.8. The molecule has 0 aliphatic rings. The zero-order chi connectivity index (χ0) is 12.8. The fourth-order valence-electron chi connectivity index (χ4n) is 2.15. The van der Waals surface area contributed by atoms with Crippen molar-refractivity contribution in [2.75, 3.05) is 7.11 Å². The first kappa shape index (κ1) is 12.4. The molecule has 0 saturated heterocycles. The van der Waals surface area contributed by atoms with Crippen LogP contribution in [-0.4, -0.2) is 7.11 Å². The Morgan fingerprint density at radius 1 is 1.00 bits per heavy atom. The van der Waals surface area contributed by atoms with Gasteiger partial charge in [0.05, 0.1) is 7.11 Å². The van der Waals surface area contributed by atoms with Gasteiger partial charge in [-0.15, -0.1) is 6.58 Å². The lowest BCUT2D eigenvalue weighted by atomic mass is 9.88. The van der Waals surface area contributed by atoms with Crippen molar-refractivity contribution in [2.24, 2.45) is 0 Å². The minimum Gasteiger partial charge on any atom is -0.497 e. The summed E-state index contributed by atoms with van der Waals surface area (Å²) >= 11 is 0. The third kappa shape index (κ3) is 2.80. The van der Waals surface area contributed by atoms with Gasteiger partial charge >= 0.3 is 0 Å². The van der Waals surface area contributed by atoms with Gasteiger partial charge in [-0.2, -0.15) is 0 Å². The Balaban J connectivity index is 2.32. The summed E-state index contributed by atoms with van der Waals surface area (Å²) in [7, 11) is 1.69. The van der Waals surface area contributed by atoms with Crippen LogP contribution in [0.2, 0.25) is 0 Å². The number of allylic oxidation sites excluding steroid dienone is 1. The van der Waals surface area contributed by atoms with Crippen LogP contribution in [0.1, 0.15) is 23.5 Å². The lowest BCUT2D eigenvalue weighted by molar-refractivity contribution is 0.414. The molecule has 2 aromatic rings. The summed E-state index contributed by atoms with van der Waals surface area (Å²) in [5.74, 6) is 1.26. The largest absolute Gasteiger partial charge is 0.497 e. The van der Waals surface area contributed by atoms with Gasteiger partial charge in [-0.25, -0.2) is 0 Å². The second-order valence-corrected chi connectivity index (χ2v) is 4.26. The third-order valence-electron chi connectivity index (χ3n) is 3.12. The molecule has 0 spiro atoms. The summed E-state index contributed by atoms with van der Waals surface area (Å²) < 4.78 is 5.19. The maximum absolute atomic E-state index is 5.19. The molecule has 0 aromatic heterocycles. The van der Waals surface area contributed by atoms with Crippen molar-refractivity contribution in [1.29, 1.82) is 0 Å². The lowest BCUT2D eigenvalue weighted by Gasteiger charge is -2.16. The average Bonchev–Trinajstić information content (AvgIpc) is 2.46. The van der Waals surface area contributed by atoms with Crippen molar-refractivity contribution in [3.05, 3.63) is 78.4 Å². The molecular formula is C17H18O. The molecule has 0 heterocycles. The fourth-order valence-corrected chi connectivity index (χ4v) is 2.15. The van der Waals surface area contributed by atoms with E-state index in [-0.39, 0.29) is 0 Å². The Morgan fingerprint density at radius 3 is 2.17 bits per heavy atom. The minimum atomic E-state index is 0.370. The van der Waals surface area contributed by atoms with Gasteiger partial charge in [0, 0.05) is 5.92 Å². The molecule has 0 saturated carbocycles. The third-order valence-corrected chi connectivity index (χ3v) is 3.12. The van der Waals surface area contributed by atoms with Gasteiger partial charge in [-0.05, 0) is 29.7 Å². The van der Waals surface area contributed by atoms with Crippen molar-refractivity contribution >= 4 is 0 Å². The zero-order valence-corrected chi connectivity index (χ0v) is 10.7. The van der Waals surface area contributed by atoms with Crippen molar-refractivity contribution in [2.45, 2.75) is 12.3 Å². The predicted molar refractivity (Wildman–Crippen MR) is 76.1 cm³/mol. The number of benzene rings is 2. The van der Waals surface area contributed by atoms with Crippen molar-refractivity contribution < 1.29 is 4.74 Å². The minimum absolute atomic E-state index is 0.370. The quantitative estimate of drug-likeness (QED) is 0.701. The molecule has 0 aliphatic carbocycles. The first-order valence-corrected chi connectivity index (χ1v) is 6.15. The molecule has 2 rings (SSSR count). The van der Waals surface area contributed by atoms with E-state index in [0.717, 1.165) is 12.2 Å². The van der Waals surface area contributed by atoms with E-state index in [2.05, 4.69) is 43.0 Å². The molecule has 2 aromatic carbocycles. The highest BCUT2D eigenvalue weighted by Gasteiger charge is 2.12. The number of rotatable bonds is 5. The van der Waals surface area contributed by atoms with Crippen LogP contribution >= 0.6 is 0 Å². The number of hydrogen-bond donors (Lipinski definition) is 0. The Labute approximate surface area is 109 Å². The highest BCUT2D eigenvalue weighted by atomic mass is 16.5. The standard InChI is InChI=1S/C17H18O/c1-3-7-17(14-8-5-4-6-9-14)15-10-12-16(18-2)13-11-15/h3-6,8-13,17H,1,7H2,2H3/t17-/m1/s1. The van der Waals surface area contributed by atoms with E-state index >= 15 is 0 Å². The molecule has 18 heavy (non-hydrogen) atoms. The highest BCUT2D eigenvalue weighted by Crippen LogP contribution is 2.29. The van der Waals surface area contributed by atoms with Crippen LogP contribution in [0, 0.1) is 0 Å². The van der Waals surface area contributed by atoms with E-state index in [1.165, 1.54) is 11.1 Å². The fraction of sp³-hybridized carbons (Fsp3) is 0.176. The van der Waals surface area contributed by atoms with E-state index in [1.807, 2.05) is 24.3 Å². The maximum atomic E-state index is 5.19. The first-order chi connectivity index (χ1) is 8.85. The SMILES string of the molecule is C=CC[C@H](c1ccccc1)c1ccc(OC)cc1. The lowest BCUT2D eigenvalue weighted by Crippen LogP contribution is -1.99. The summed E-state index contributed by atoms with van der Waals surface area (Å²) in [5.41, 5.74) is 2.62. The molecule has 0 N–H and O–H groups in total. The molecule has 0 amide bonds. The monoisotopic (exact) mass is 238 g/mol. The summed E-state index contributed by atoms with van der Waals surface area (Å²) in [5, 5.41) is 0. The Kier molecular flexibility index (Phi) is 4.19. The molecule has 0 fully saturated rings. The number of methoxy groups -OCH3 is 1. The van der Waals surface area contributed by atoms with Gasteiger partial charge in [-0.3, -0.25) is 0 Å². The Morgan fingerprint density at radius 2 is 1.61 bits per heavy atom. The Bertz CT molecular complexity index is 485. The summed E-state index contributed by atoms with van der Waals surface area (Å²) in [4.78, 5) is 0. The predicted octanol–water partition coefficient (Wildman–Crippen LogP) is 4.40. The number of ether oxygens (including phenoxy) is 1. The smallest absolute Gasteiger partial charge is 0.118 e. The molecule has 0 bridgehead atoms. The van der Waals surface area contributed by atoms with Gasteiger partial charge in [0.2, 0.25) is 0 Å². The first-order valence-electron chi connectivity index (χ1n) is 6.15. The molecule has 1 nitrogen and oxygen atoms in total. The average molecular weight is 238 g/mol. The molecule has 1 atom stereocenters. The molecule has 0 radical (unpaired) electrons. The Hall–Kier alpha value is -2.02. The van der Waals surface area contributed by atoms with Crippen molar-refractivity contribution in [3.63, 3.8) is 0 Å². The van der Waals surface area contributed by atoms with Gasteiger partial charge < -0.3 is 4.74 Å². The van der Waals surface area contributed by atoms with Crippen LogP contribution in [0.4, 0.5) is 0 Å². The number of hydrogen-bond acceptors (Lipinski definition) is 1. The van der Waals surface area contributed by atoms with E-state index < -0.39 is 0 Å². The van der Waals surface area contributed by atoms with Crippen molar-refractivity contribution in [1.82, 2.24) is 0 Å². The van der Waals surface area contributed by atoms with Gasteiger partial charge in [-0.1, -0.05) is 48.5 Å². The topological polar surface area (TPSA) is 9.23 Å². The normalized spacial score (nSPS) is 11.8.